The Labute approximate surface area is 109 Å². The van der Waals surface area contributed by atoms with Crippen LogP contribution in [0.2, 0.25) is 0 Å². The lowest BCUT2D eigenvalue weighted by Gasteiger charge is -2.22. The van der Waals surface area contributed by atoms with Crippen molar-refractivity contribution in [3.63, 3.8) is 0 Å². The fraction of sp³-hybridized carbons (Fsp3) is 0.692. The third-order valence-corrected chi connectivity index (χ3v) is 2.55. The monoisotopic (exact) mass is 252 g/mol. The van der Waals surface area contributed by atoms with Crippen LogP contribution in [0.15, 0.2) is 6.20 Å². The van der Waals surface area contributed by atoms with Crippen molar-refractivity contribution in [2.75, 3.05) is 24.2 Å². The molecule has 5 nitrogen and oxygen atoms in total. The largest absolute Gasteiger partial charge is 0.391 e. The minimum atomic E-state index is -0.377. The van der Waals surface area contributed by atoms with Crippen LogP contribution in [0.3, 0.4) is 0 Å². The Morgan fingerprint density at radius 1 is 1.39 bits per heavy atom. The summed E-state index contributed by atoms with van der Waals surface area (Å²) in [6.07, 6.45) is 2.14. The third-order valence-electron chi connectivity index (χ3n) is 2.55. The molecule has 1 unspecified atom stereocenters. The molecule has 3 N–H and O–H groups in total. The van der Waals surface area contributed by atoms with Gasteiger partial charge in [-0.2, -0.15) is 4.98 Å². The maximum absolute atomic E-state index is 9.94. The Morgan fingerprint density at radius 3 is 2.61 bits per heavy atom. The lowest BCUT2D eigenvalue weighted by atomic mass is 9.89. The van der Waals surface area contributed by atoms with Crippen LogP contribution in [0.4, 0.5) is 11.8 Å². The summed E-state index contributed by atoms with van der Waals surface area (Å²) in [5.74, 6) is 1.34. The fourth-order valence-corrected chi connectivity index (χ4v) is 1.73. The van der Waals surface area contributed by atoms with Gasteiger partial charge in [0.25, 0.3) is 0 Å². The number of hydrogen-bond donors (Lipinski definition) is 3. The molecule has 0 bridgehead atoms. The van der Waals surface area contributed by atoms with Gasteiger partial charge in [0.05, 0.1) is 6.10 Å². The van der Waals surface area contributed by atoms with Crippen molar-refractivity contribution < 1.29 is 5.11 Å². The molecule has 0 aliphatic rings. The van der Waals surface area contributed by atoms with Crippen LogP contribution in [0.1, 0.15) is 32.8 Å². The highest BCUT2D eigenvalue weighted by Crippen LogP contribution is 2.21. The van der Waals surface area contributed by atoms with Crippen LogP contribution < -0.4 is 10.6 Å². The molecule has 0 saturated heterocycles. The van der Waals surface area contributed by atoms with Crippen LogP contribution in [0, 0.1) is 12.3 Å². The van der Waals surface area contributed by atoms with E-state index in [1.165, 1.54) is 0 Å². The Balaban J connectivity index is 2.57. The van der Waals surface area contributed by atoms with Crippen molar-refractivity contribution in [3.05, 3.63) is 11.8 Å². The van der Waals surface area contributed by atoms with Gasteiger partial charge in [-0.3, -0.25) is 0 Å². The molecular formula is C13H24N4O. The SMILES string of the molecule is CNc1ncc(C)c(NCC(O)CC(C)(C)C)n1. The van der Waals surface area contributed by atoms with E-state index in [-0.39, 0.29) is 11.5 Å². The number of nitrogens with one attached hydrogen (secondary N) is 2. The third kappa shape index (κ3) is 4.87. The summed E-state index contributed by atoms with van der Waals surface area (Å²) in [7, 11) is 1.78. The summed E-state index contributed by atoms with van der Waals surface area (Å²) in [6, 6.07) is 0. The van der Waals surface area contributed by atoms with Gasteiger partial charge in [-0.1, -0.05) is 20.8 Å². The van der Waals surface area contributed by atoms with E-state index in [1.54, 1.807) is 13.2 Å². The number of anilines is 2. The number of aliphatic hydroxyl groups excluding tert-OH is 1. The van der Waals surface area contributed by atoms with Gasteiger partial charge >= 0.3 is 0 Å². The first-order valence-electron chi connectivity index (χ1n) is 6.25. The maximum Gasteiger partial charge on any atom is 0.224 e. The second kappa shape index (κ2) is 6.00. The Hall–Kier alpha value is -1.36. The molecular weight excluding hydrogens is 228 g/mol. The number of aromatic nitrogens is 2. The van der Waals surface area contributed by atoms with Gasteiger partial charge in [0.2, 0.25) is 5.95 Å². The smallest absolute Gasteiger partial charge is 0.224 e. The second-order valence-corrected chi connectivity index (χ2v) is 5.77. The lowest BCUT2D eigenvalue weighted by molar-refractivity contribution is 0.132. The van der Waals surface area contributed by atoms with E-state index in [1.807, 2.05) is 6.92 Å². The maximum atomic E-state index is 9.94. The molecule has 0 aliphatic carbocycles. The summed E-state index contributed by atoms with van der Waals surface area (Å²) in [4.78, 5) is 8.43. The van der Waals surface area contributed by atoms with E-state index in [0.29, 0.717) is 12.5 Å². The number of aliphatic hydroxyl groups is 1. The first-order chi connectivity index (χ1) is 8.31. The molecule has 102 valence electrons. The summed E-state index contributed by atoms with van der Waals surface area (Å²) in [5.41, 5.74) is 1.09. The summed E-state index contributed by atoms with van der Waals surface area (Å²) in [5, 5.41) is 16.0. The quantitative estimate of drug-likeness (QED) is 0.748. The van der Waals surface area contributed by atoms with Crippen LogP contribution in [0.25, 0.3) is 0 Å². The number of aryl methyl sites for hydroxylation is 1. The van der Waals surface area contributed by atoms with Crippen LogP contribution in [-0.2, 0) is 0 Å². The molecule has 18 heavy (non-hydrogen) atoms. The zero-order valence-corrected chi connectivity index (χ0v) is 11.9. The summed E-state index contributed by atoms with van der Waals surface area (Å²) in [6.45, 7) is 8.79. The molecule has 1 rings (SSSR count). The van der Waals surface area contributed by atoms with E-state index in [0.717, 1.165) is 17.8 Å². The van der Waals surface area contributed by atoms with Crippen LogP contribution in [0.5, 0.6) is 0 Å². The highest BCUT2D eigenvalue weighted by molar-refractivity contribution is 5.46. The first-order valence-corrected chi connectivity index (χ1v) is 6.25. The van der Waals surface area contributed by atoms with Crippen molar-refractivity contribution in [3.8, 4) is 0 Å². The molecule has 0 aromatic carbocycles. The van der Waals surface area contributed by atoms with E-state index in [2.05, 4.69) is 41.4 Å². The van der Waals surface area contributed by atoms with E-state index >= 15 is 0 Å². The van der Waals surface area contributed by atoms with Crippen molar-refractivity contribution >= 4 is 11.8 Å². The van der Waals surface area contributed by atoms with E-state index < -0.39 is 0 Å². The first kappa shape index (κ1) is 14.7. The van der Waals surface area contributed by atoms with Crippen LogP contribution in [-0.4, -0.2) is 34.8 Å². The molecule has 1 aromatic rings. The molecule has 0 aliphatic heterocycles. The predicted molar refractivity (Wildman–Crippen MR) is 74.9 cm³/mol. The molecule has 0 amide bonds. The average molecular weight is 252 g/mol. The topological polar surface area (TPSA) is 70.1 Å². The van der Waals surface area contributed by atoms with Gasteiger partial charge in [-0.05, 0) is 18.8 Å². The lowest BCUT2D eigenvalue weighted by Crippen LogP contribution is -2.25. The minimum absolute atomic E-state index is 0.123. The van der Waals surface area contributed by atoms with Gasteiger partial charge in [0, 0.05) is 25.4 Å². The van der Waals surface area contributed by atoms with Gasteiger partial charge in [0.1, 0.15) is 5.82 Å². The standard InChI is InChI=1S/C13H24N4O/c1-9-7-16-12(14-5)17-11(9)15-8-10(18)6-13(2,3)4/h7,10,18H,6,8H2,1-5H3,(H2,14,15,16,17). The fourth-order valence-electron chi connectivity index (χ4n) is 1.73. The zero-order chi connectivity index (χ0) is 13.8. The second-order valence-electron chi connectivity index (χ2n) is 5.77. The van der Waals surface area contributed by atoms with Gasteiger partial charge in [-0.15, -0.1) is 0 Å². The molecule has 0 saturated carbocycles. The van der Waals surface area contributed by atoms with Crippen molar-refractivity contribution in [1.82, 2.24) is 9.97 Å². The Bertz CT molecular complexity index is 387. The van der Waals surface area contributed by atoms with Crippen molar-refractivity contribution in [1.29, 1.82) is 0 Å². The molecule has 5 heteroatoms. The zero-order valence-electron chi connectivity index (χ0n) is 11.9. The molecule has 1 aromatic heterocycles. The van der Waals surface area contributed by atoms with Gasteiger partial charge in [0.15, 0.2) is 0 Å². The van der Waals surface area contributed by atoms with Crippen molar-refractivity contribution in [2.24, 2.45) is 5.41 Å². The summed E-state index contributed by atoms with van der Waals surface area (Å²) < 4.78 is 0. The summed E-state index contributed by atoms with van der Waals surface area (Å²) >= 11 is 0. The van der Waals surface area contributed by atoms with E-state index in [4.69, 9.17) is 0 Å². The van der Waals surface area contributed by atoms with Gasteiger partial charge < -0.3 is 15.7 Å². The normalized spacial score (nSPS) is 13.2. The Morgan fingerprint density at radius 2 is 2.06 bits per heavy atom. The molecule has 0 fully saturated rings. The molecule has 0 spiro atoms. The minimum Gasteiger partial charge on any atom is -0.391 e. The predicted octanol–water partition coefficient (Wildman–Crippen LogP) is 2.04. The van der Waals surface area contributed by atoms with Crippen molar-refractivity contribution in [2.45, 2.75) is 40.2 Å². The average Bonchev–Trinajstić information content (AvgIpc) is 2.25. The highest BCUT2D eigenvalue weighted by Gasteiger charge is 2.16. The Kier molecular flexibility index (Phi) is 4.90. The molecule has 1 heterocycles. The highest BCUT2D eigenvalue weighted by atomic mass is 16.3. The number of hydrogen-bond acceptors (Lipinski definition) is 5. The number of rotatable bonds is 5. The number of nitrogens with zero attached hydrogens (tertiary/aromatic N) is 2. The van der Waals surface area contributed by atoms with Crippen LogP contribution >= 0.6 is 0 Å². The van der Waals surface area contributed by atoms with Gasteiger partial charge in [-0.25, -0.2) is 4.98 Å². The molecule has 0 radical (unpaired) electrons. The molecule has 1 atom stereocenters. The van der Waals surface area contributed by atoms with E-state index in [9.17, 15) is 5.11 Å².